The van der Waals surface area contributed by atoms with E-state index in [0.29, 0.717) is 11.3 Å². The van der Waals surface area contributed by atoms with Gasteiger partial charge < -0.3 is 14.3 Å². The standard InChI is InChI=1S/C14H14O5/c1-9(15)7-8-14(13(17)18-2)12(16)10-5-3-4-6-11(10)19-14/h3-6H,7-8H2,1-2H3/t14-/m1/s1. The van der Waals surface area contributed by atoms with Gasteiger partial charge in [-0.25, -0.2) is 4.79 Å². The summed E-state index contributed by atoms with van der Waals surface area (Å²) < 4.78 is 10.2. The van der Waals surface area contributed by atoms with E-state index >= 15 is 0 Å². The molecule has 1 aliphatic rings. The molecule has 1 aromatic carbocycles. The van der Waals surface area contributed by atoms with Gasteiger partial charge in [0.25, 0.3) is 5.60 Å². The minimum absolute atomic E-state index is 0.0114. The van der Waals surface area contributed by atoms with Gasteiger partial charge in [-0.1, -0.05) is 12.1 Å². The summed E-state index contributed by atoms with van der Waals surface area (Å²) in [7, 11) is 1.19. The molecule has 5 nitrogen and oxygen atoms in total. The average molecular weight is 262 g/mol. The van der Waals surface area contributed by atoms with Crippen LogP contribution in [0.5, 0.6) is 5.75 Å². The normalized spacial score (nSPS) is 20.6. The predicted octanol–water partition coefficient (Wildman–Crippen LogP) is 1.54. The van der Waals surface area contributed by atoms with E-state index in [4.69, 9.17) is 4.74 Å². The van der Waals surface area contributed by atoms with Crippen LogP contribution in [0.15, 0.2) is 24.3 Å². The molecule has 0 spiro atoms. The summed E-state index contributed by atoms with van der Waals surface area (Å²) in [5.74, 6) is -0.983. The van der Waals surface area contributed by atoms with Crippen LogP contribution in [0.2, 0.25) is 0 Å². The smallest absolute Gasteiger partial charge is 0.358 e. The van der Waals surface area contributed by atoms with Crippen LogP contribution in [0.3, 0.4) is 0 Å². The first-order valence-corrected chi connectivity index (χ1v) is 5.92. The second kappa shape index (κ2) is 4.84. The van der Waals surface area contributed by atoms with Gasteiger partial charge in [-0.2, -0.15) is 0 Å². The zero-order valence-electron chi connectivity index (χ0n) is 10.8. The molecule has 0 aliphatic carbocycles. The van der Waals surface area contributed by atoms with Gasteiger partial charge >= 0.3 is 5.97 Å². The van der Waals surface area contributed by atoms with Crippen molar-refractivity contribution in [2.24, 2.45) is 0 Å². The first-order chi connectivity index (χ1) is 9.01. The molecule has 0 saturated heterocycles. The molecular weight excluding hydrogens is 248 g/mol. The summed E-state index contributed by atoms with van der Waals surface area (Å²) in [6.45, 7) is 1.40. The summed E-state index contributed by atoms with van der Waals surface area (Å²) in [5.41, 5.74) is -1.37. The van der Waals surface area contributed by atoms with Crippen molar-refractivity contribution in [2.45, 2.75) is 25.4 Å². The van der Waals surface area contributed by atoms with Gasteiger partial charge in [-0.05, 0) is 19.1 Å². The highest BCUT2D eigenvalue weighted by atomic mass is 16.6. The molecular formula is C14H14O5. The quantitative estimate of drug-likeness (QED) is 0.608. The van der Waals surface area contributed by atoms with Gasteiger partial charge in [0.1, 0.15) is 11.5 Å². The summed E-state index contributed by atoms with van der Waals surface area (Å²) in [6, 6.07) is 6.62. The number of methoxy groups -OCH3 is 1. The van der Waals surface area contributed by atoms with Crippen molar-refractivity contribution >= 4 is 17.5 Å². The fourth-order valence-electron chi connectivity index (χ4n) is 2.11. The highest BCUT2D eigenvalue weighted by molar-refractivity contribution is 6.19. The highest BCUT2D eigenvalue weighted by Gasteiger charge is 2.54. The maximum atomic E-state index is 12.4. The Morgan fingerprint density at radius 2 is 2.00 bits per heavy atom. The number of carbonyl (C=O) groups is 3. The molecule has 0 N–H and O–H groups in total. The number of Topliss-reactive ketones (excluding diaryl/α,β-unsaturated/α-hetero) is 2. The Balaban J connectivity index is 2.39. The lowest BCUT2D eigenvalue weighted by molar-refractivity contribution is -0.154. The highest BCUT2D eigenvalue weighted by Crippen LogP contribution is 2.38. The third-order valence-electron chi connectivity index (χ3n) is 3.13. The molecule has 1 aliphatic heterocycles. The molecule has 0 aromatic heterocycles. The summed E-state index contributed by atoms with van der Waals surface area (Å²) in [6.07, 6.45) is 0.0668. The number of esters is 1. The number of benzene rings is 1. The van der Waals surface area contributed by atoms with E-state index in [0.717, 1.165) is 0 Å². The van der Waals surface area contributed by atoms with Crippen LogP contribution in [0.4, 0.5) is 0 Å². The van der Waals surface area contributed by atoms with Crippen LogP contribution in [-0.2, 0) is 14.3 Å². The predicted molar refractivity (Wildman–Crippen MR) is 66.1 cm³/mol. The number of fused-ring (bicyclic) bond motifs is 1. The molecule has 1 aromatic rings. The summed E-state index contributed by atoms with van der Waals surface area (Å²) >= 11 is 0. The number of ketones is 2. The van der Waals surface area contributed by atoms with Gasteiger partial charge in [-0.15, -0.1) is 0 Å². The average Bonchev–Trinajstić information content (AvgIpc) is 2.70. The molecule has 2 rings (SSSR count). The maximum absolute atomic E-state index is 12.4. The van der Waals surface area contributed by atoms with E-state index in [9.17, 15) is 14.4 Å². The number of hydrogen-bond donors (Lipinski definition) is 0. The Kier molecular flexibility index (Phi) is 3.38. The minimum Gasteiger partial charge on any atom is -0.466 e. The Hall–Kier alpha value is -2.17. The molecule has 5 heteroatoms. The van der Waals surface area contributed by atoms with Crippen LogP contribution in [-0.4, -0.2) is 30.2 Å². The molecule has 0 fully saturated rings. The second-order valence-electron chi connectivity index (χ2n) is 4.45. The number of rotatable bonds is 4. The Bertz CT molecular complexity index is 549. The Morgan fingerprint density at radius 3 is 2.58 bits per heavy atom. The largest absolute Gasteiger partial charge is 0.466 e. The third kappa shape index (κ3) is 2.12. The van der Waals surface area contributed by atoms with Crippen molar-refractivity contribution in [3.63, 3.8) is 0 Å². The van der Waals surface area contributed by atoms with Crippen molar-refractivity contribution < 1.29 is 23.9 Å². The zero-order chi connectivity index (χ0) is 14.0. The monoisotopic (exact) mass is 262 g/mol. The van der Waals surface area contributed by atoms with Gasteiger partial charge in [0, 0.05) is 12.8 Å². The van der Waals surface area contributed by atoms with E-state index in [1.54, 1.807) is 24.3 Å². The second-order valence-corrected chi connectivity index (χ2v) is 4.45. The number of carbonyl (C=O) groups excluding carboxylic acids is 3. The Labute approximate surface area is 110 Å². The van der Waals surface area contributed by atoms with E-state index in [-0.39, 0.29) is 18.6 Å². The van der Waals surface area contributed by atoms with Gasteiger partial charge in [0.15, 0.2) is 0 Å². The SMILES string of the molecule is COC(=O)[C@]1(CCC(C)=O)Oc2ccccc2C1=O. The minimum atomic E-state index is -1.72. The maximum Gasteiger partial charge on any atom is 0.358 e. The van der Waals surface area contributed by atoms with Crippen LogP contribution >= 0.6 is 0 Å². The molecule has 1 heterocycles. The molecule has 100 valence electrons. The van der Waals surface area contributed by atoms with Crippen molar-refractivity contribution in [2.75, 3.05) is 7.11 Å². The lowest BCUT2D eigenvalue weighted by atomic mass is 9.90. The molecule has 1 atom stereocenters. The van der Waals surface area contributed by atoms with E-state index in [1.807, 2.05) is 0 Å². The van der Waals surface area contributed by atoms with Gasteiger partial charge in [-0.3, -0.25) is 4.79 Å². The molecule has 0 radical (unpaired) electrons. The first kappa shape index (κ1) is 13.3. The first-order valence-electron chi connectivity index (χ1n) is 5.92. The molecule has 0 saturated carbocycles. The van der Waals surface area contributed by atoms with E-state index < -0.39 is 17.4 Å². The molecule has 0 bridgehead atoms. The van der Waals surface area contributed by atoms with Gasteiger partial charge in [0.05, 0.1) is 12.7 Å². The lowest BCUT2D eigenvalue weighted by Gasteiger charge is -2.23. The molecule has 0 amide bonds. The topological polar surface area (TPSA) is 69.7 Å². The fourth-order valence-corrected chi connectivity index (χ4v) is 2.11. The number of para-hydroxylation sites is 1. The lowest BCUT2D eigenvalue weighted by Crippen LogP contribution is -2.49. The van der Waals surface area contributed by atoms with Crippen LogP contribution in [0.1, 0.15) is 30.1 Å². The molecule has 19 heavy (non-hydrogen) atoms. The van der Waals surface area contributed by atoms with Crippen LogP contribution < -0.4 is 4.74 Å². The summed E-state index contributed by atoms with van der Waals surface area (Å²) in [4.78, 5) is 35.5. The van der Waals surface area contributed by atoms with E-state index in [1.165, 1.54) is 14.0 Å². The number of hydrogen-bond acceptors (Lipinski definition) is 5. The Morgan fingerprint density at radius 1 is 1.32 bits per heavy atom. The van der Waals surface area contributed by atoms with Crippen LogP contribution in [0.25, 0.3) is 0 Å². The summed E-state index contributed by atoms with van der Waals surface area (Å²) in [5, 5.41) is 0. The van der Waals surface area contributed by atoms with Crippen molar-refractivity contribution in [1.29, 1.82) is 0 Å². The zero-order valence-corrected chi connectivity index (χ0v) is 10.8. The van der Waals surface area contributed by atoms with Crippen molar-refractivity contribution in [1.82, 2.24) is 0 Å². The van der Waals surface area contributed by atoms with Crippen molar-refractivity contribution in [3.05, 3.63) is 29.8 Å². The molecule has 0 unspecified atom stereocenters. The van der Waals surface area contributed by atoms with Crippen molar-refractivity contribution in [3.8, 4) is 5.75 Å². The van der Waals surface area contributed by atoms with Crippen LogP contribution in [0, 0.1) is 0 Å². The van der Waals surface area contributed by atoms with Gasteiger partial charge in [0.2, 0.25) is 5.78 Å². The van der Waals surface area contributed by atoms with E-state index in [2.05, 4.69) is 4.74 Å². The fraction of sp³-hybridized carbons (Fsp3) is 0.357. The number of ether oxygens (including phenoxy) is 2. The third-order valence-corrected chi connectivity index (χ3v) is 3.13.